The van der Waals surface area contributed by atoms with Gasteiger partial charge in [0.1, 0.15) is 5.75 Å². The van der Waals surface area contributed by atoms with E-state index >= 15 is 0 Å². The van der Waals surface area contributed by atoms with Crippen LogP contribution >= 0.6 is 11.8 Å². The number of hydrogen-bond donors (Lipinski definition) is 0. The van der Waals surface area contributed by atoms with Crippen LogP contribution in [-0.4, -0.2) is 54.8 Å². The molecular formula is C19H23N3O2S. The number of aryl methyl sites for hydroxylation is 1. The van der Waals surface area contributed by atoms with Crippen molar-refractivity contribution in [3.05, 3.63) is 48.2 Å². The Labute approximate surface area is 153 Å². The van der Waals surface area contributed by atoms with E-state index in [-0.39, 0.29) is 5.91 Å². The molecule has 0 bridgehead atoms. The molecule has 0 spiro atoms. The van der Waals surface area contributed by atoms with Crippen molar-refractivity contribution in [2.75, 3.05) is 43.9 Å². The fourth-order valence-corrected chi connectivity index (χ4v) is 3.52. The van der Waals surface area contributed by atoms with Crippen molar-refractivity contribution < 1.29 is 9.53 Å². The lowest BCUT2D eigenvalue weighted by atomic mass is 10.2. The first-order chi connectivity index (χ1) is 12.2. The van der Waals surface area contributed by atoms with E-state index < -0.39 is 0 Å². The lowest BCUT2D eigenvalue weighted by Crippen LogP contribution is -2.49. The number of carbonyl (C=O) groups excluding carboxylic acids is 1. The summed E-state index contributed by atoms with van der Waals surface area (Å²) in [6.07, 6.45) is 1.83. The molecule has 1 aromatic heterocycles. The first-order valence-corrected chi connectivity index (χ1v) is 9.36. The molecule has 25 heavy (non-hydrogen) atoms. The van der Waals surface area contributed by atoms with Crippen LogP contribution in [-0.2, 0) is 4.79 Å². The van der Waals surface area contributed by atoms with E-state index in [1.54, 1.807) is 7.11 Å². The summed E-state index contributed by atoms with van der Waals surface area (Å²) in [6.45, 7) is 5.23. The minimum Gasteiger partial charge on any atom is -0.497 e. The first kappa shape index (κ1) is 17.6. The largest absolute Gasteiger partial charge is 0.497 e. The van der Waals surface area contributed by atoms with Gasteiger partial charge in [-0.15, -0.1) is 0 Å². The van der Waals surface area contributed by atoms with Gasteiger partial charge in [0, 0.05) is 38.1 Å². The Morgan fingerprint density at radius 3 is 2.44 bits per heavy atom. The van der Waals surface area contributed by atoms with Gasteiger partial charge in [0.05, 0.1) is 17.9 Å². The molecule has 6 heteroatoms. The minimum absolute atomic E-state index is 0.182. The van der Waals surface area contributed by atoms with Crippen molar-refractivity contribution >= 4 is 23.4 Å². The second-order valence-electron chi connectivity index (χ2n) is 6.03. The number of ether oxygens (including phenoxy) is 1. The zero-order chi connectivity index (χ0) is 17.6. The van der Waals surface area contributed by atoms with Crippen LogP contribution in [0.1, 0.15) is 5.56 Å². The lowest BCUT2D eigenvalue weighted by Gasteiger charge is -2.36. The van der Waals surface area contributed by atoms with Crippen LogP contribution < -0.4 is 9.64 Å². The standard InChI is InChI=1S/C19H23N3O2S/c1-15-3-8-18(20-13-15)25-14-19(23)22-11-9-21(10-12-22)16-4-6-17(24-2)7-5-16/h3-8,13H,9-12,14H2,1-2H3. The Balaban J connectivity index is 1.47. The highest BCUT2D eigenvalue weighted by atomic mass is 32.2. The van der Waals surface area contributed by atoms with Gasteiger partial charge in [-0.1, -0.05) is 17.8 Å². The normalized spacial score (nSPS) is 14.5. The summed E-state index contributed by atoms with van der Waals surface area (Å²) in [5.74, 6) is 1.49. The molecule has 0 atom stereocenters. The molecule has 132 valence electrons. The van der Waals surface area contributed by atoms with E-state index in [1.807, 2.05) is 42.3 Å². The highest BCUT2D eigenvalue weighted by molar-refractivity contribution is 7.99. The van der Waals surface area contributed by atoms with Gasteiger partial charge in [0.15, 0.2) is 0 Å². The van der Waals surface area contributed by atoms with Crippen molar-refractivity contribution in [1.82, 2.24) is 9.88 Å². The minimum atomic E-state index is 0.182. The number of nitrogens with zero attached hydrogens (tertiary/aromatic N) is 3. The second kappa shape index (κ2) is 8.25. The summed E-state index contributed by atoms with van der Waals surface area (Å²) in [5, 5.41) is 0.899. The quantitative estimate of drug-likeness (QED) is 0.770. The van der Waals surface area contributed by atoms with Gasteiger partial charge < -0.3 is 14.5 Å². The van der Waals surface area contributed by atoms with Crippen LogP contribution in [0.4, 0.5) is 5.69 Å². The van der Waals surface area contributed by atoms with Crippen molar-refractivity contribution in [2.45, 2.75) is 11.9 Å². The summed E-state index contributed by atoms with van der Waals surface area (Å²) in [4.78, 5) is 21.0. The van der Waals surface area contributed by atoms with Gasteiger partial charge in [0.2, 0.25) is 5.91 Å². The number of methoxy groups -OCH3 is 1. The second-order valence-corrected chi connectivity index (χ2v) is 7.02. The number of hydrogen-bond acceptors (Lipinski definition) is 5. The number of piperazine rings is 1. The van der Waals surface area contributed by atoms with Gasteiger partial charge in [-0.05, 0) is 42.8 Å². The third kappa shape index (κ3) is 4.66. The number of thioether (sulfide) groups is 1. The maximum absolute atomic E-state index is 12.4. The van der Waals surface area contributed by atoms with E-state index in [2.05, 4.69) is 22.0 Å². The number of anilines is 1. The van der Waals surface area contributed by atoms with Crippen molar-refractivity contribution in [3.8, 4) is 5.75 Å². The van der Waals surface area contributed by atoms with E-state index in [0.29, 0.717) is 5.75 Å². The Morgan fingerprint density at radius 2 is 1.84 bits per heavy atom. The summed E-state index contributed by atoms with van der Waals surface area (Å²) < 4.78 is 5.20. The summed E-state index contributed by atoms with van der Waals surface area (Å²) in [7, 11) is 1.67. The average molecular weight is 357 g/mol. The van der Waals surface area contributed by atoms with E-state index in [1.165, 1.54) is 17.4 Å². The fourth-order valence-electron chi connectivity index (χ4n) is 2.77. The molecule has 1 fully saturated rings. The Morgan fingerprint density at radius 1 is 1.12 bits per heavy atom. The van der Waals surface area contributed by atoms with Crippen LogP contribution in [0.25, 0.3) is 0 Å². The number of carbonyl (C=O) groups is 1. The van der Waals surface area contributed by atoms with E-state index in [0.717, 1.165) is 42.5 Å². The molecule has 0 aliphatic carbocycles. The average Bonchev–Trinajstić information content (AvgIpc) is 2.67. The zero-order valence-electron chi connectivity index (χ0n) is 14.6. The molecule has 0 unspecified atom stereocenters. The SMILES string of the molecule is COc1ccc(N2CCN(C(=O)CSc3ccc(C)cn3)CC2)cc1. The zero-order valence-corrected chi connectivity index (χ0v) is 15.5. The van der Waals surface area contributed by atoms with Gasteiger partial charge in [0.25, 0.3) is 0 Å². The predicted molar refractivity (Wildman–Crippen MR) is 101 cm³/mol. The molecule has 3 rings (SSSR count). The Kier molecular flexibility index (Phi) is 5.81. The first-order valence-electron chi connectivity index (χ1n) is 8.38. The predicted octanol–water partition coefficient (Wildman–Crippen LogP) is 2.84. The highest BCUT2D eigenvalue weighted by Gasteiger charge is 2.21. The summed E-state index contributed by atoms with van der Waals surface area (Å²) in [6, 6.07) is 12.1. The van der Waals surface area contributed by atoms with Crippen LogP contribution in [0, 0.1) is 6.92 Å². The van der Waals surface area contributed by atoms with Crippen molar-refractivity contribution in [1.29, 1.82) is 0 Å². The smallest absolute Gasteiger partial charge is 0.233 e. The molecule has 2 aromatic rings. The topological polar surface area (TPSA) is 45.7 Å². The molecule has 1 aliphatic rings. The summed E-state index contributed by atoms with van der Waals surface area (Å²) >= 11 is 1.50. The van der Waals surface area contributed by atoms with Crippen LogP contribution in [0.5, 0.6) is 5.75 Å². The molecule has 1 aliphatic heterocycles. The number of rotatable bonds is 5. The Hall–Kier alpha value is -2.21. The third-order valence-electron chi connectivity index (χ3n) is 4.30. The monoisotopic (exact) mass is 357 g/mol. The number of benzene rings is 1. The number of amides is 1. The molecule has 5 nitrogen and oxygen atoms in total. The van der Waals surface area contributed by atoms with Crippen LogP contribution in [0.2, 0.25) is 0 Å². The molecular weight excluding hydrogens is 334 g/mol. The molecule has 1 aromatic carbocycles. The van der Waals surface area contributed by atoms with Gasteiger partial charge in [-0.25, -0.2) is 4.98 Å². The van der Waals surface area contributed by atoms with Gasteiger partial charge in [-0.3, -0.25) is 4.79 Å². The van der Waals surface area contributed by atoms with Crippen molar-refractivity contribution in [2.24, 2.45) is 0 Å². The maximum Gasteiger partial charge on any atom is 0.233 e. The number of pyridine rings is 1. The van der Waals surface area contributed by atoms with E-state index in [9.17, 15) is 4.79 Å². The van der Waals surface area contributed by atoms with Crippen LogP contribution in [0.3, 0.4) is 0 Å². The molecule has 0 radical (unpaired) electrons. The molecule has 1 saturated heterocycles. The lowest BCUT2D eigenvalue weighted by molar-refractivity contribution is -0.128. The van der Waals surface area contributed by atoms with Gasteiger partial charge in [-0.2, -0.15) is 0 Å². The third-order valence-corrected chi connectivity index (χ3v) is 5.23. The van der Waals surface area contributed by atoms with Gasteiger partial charge >= 0.3 is 0 Å². The Bertz CT molecular complexity index is 696. The molecule has 0 N–H and O–H groups in total. The van der Waals surface area contributed by atoms with Crippen LogP contribution in [0.15, 0.2) is 47.6 Å². The maximum atomic E-state index is 12.4. The molecule has 1 amide bonds. The van der Waals surface area contributed by atoms with Crippen molar-refractivity contribution in [3.63, 3.8) is 0 Å². The molecule has 0 saturated carbocycles. The summed E-state index contributed by atoms with van der Waals surface area (Å²) in [5.41, 5.74) is 2.30. The fraction of sp³-hybridized carbons (Fsp3) is 0.368. The number of aromatic nitrogens is 1. The molecule has 2 heterocycles. The highest BCUT2D eigenvalue weighted by Crippen LogP contribution is 2.21. The van der Waals surface area contributed by atoms with E-state index in [4.69, 9.17) is 4.74 Å².